The van der Waals surface area contributed by atoms with Crippen molar-refractivity contribution in [3.05, 3.63) is 71.0 Å². The predicted molar refractivity (Wildman–Crippen MR) is 206 cm³/mol. The molecule has 0 spiro atoms. The number of fused-ring (bicyclic) bond motifs is 1. The van der Waals surface area contributed by atoms with Crippen LogP contribution in [0.25, 0.3) is 22.2 Å². The number of ether oxygens (including phenoxy) is 2. The molecule has 1 aliphatic rings. The van der Waals surface area contributed by atoms with Crippen molar-refractivity contribution >= 4 is 28.5 Å². The number of rotatable bonds is 18. The van der Waals surface area contributed by atoms with Gasteiger partial charge in [0.1, 0.15) is 5.75 Å². The maximum atomic E-state index is 13.1. The van der Waals surface area contributed by atoms with Gasteiger partial charge in [-0.05, 0) is 82.2 Å². The van der Waals surface area contributed by atoms with Crippen LogP contribution in [-0.2, 0) is 46.9 Å². The number of nitrogens with one attached hydrogen (secondary N) is 3. The number of anilines is 1. The number of benzene rings is 2. The number of nitrogens with zero attached hydrogens (tertiary/aromatic N) is 5. The molecule has 2 amide bonds. The van der Waals surface area contributed by atoms with Crippen molar-refractivity contribution in [2.45, 2.75) is 78.2 Å². The number of amides is 2. The Morgan fingerprint density at radius 3 is 2.40 bits per heavy atom. The summed E-state index contributed by atoms with van der Waals surface area (Å²) in [4.78, 5) is 35.4. The van der Waals surface area contributed by atoms with Crippen molar-refractivity contribution in [1.29, 1.82) is 0 Å². The largest absolute Gasteiger partial charge is 0.496 e. The Labute approximate surface area is 308 Å². The predicted octanol–water partition coefficient (Wildman–Crippen LogP) is 4.99. The van der Waals surface area contributed by atoms with E-state index in [1.165, 1.54) is 5.56 Å². The van der Waals surface area contributed by atoms with E-state index in [1.807, 2.05) is 23.0 Å². The van der Waals surface area contributed by atoms with Crippen molar-refractivity contribution in [3.8, 4) is 16.9 Å². The van der Waals surface area contributed by atoms with Gasteiger partial charge in [0.15, 0.2) is 5.65 Å². The number of carbonyl (C=O) groups is 2. The third-order valence-corrected chi connectivity index (χ3v) is 9.59. The molecule has 0 radical (unpaired) electrons. The summed E-state index contributed by atoms with van der Waals surface area (Å²) in [6.45, 7) is 9.78. The van der Waals surface area contributed by atoms with Gasteiger partial charge in [-0.3, -0.25) is 9.59 Å². The molecule has 1 fully saturated rings. The van der Waals surface area contributed by atoms with Crippen molar-refractivity contribution < 1.29 is 19.1 Å². The van der Waals surface area contributed by atoms with E-state index >= 15 is 0 Å². The summed E-state index contributed by atoms with van der Waals surface area (Å²) in [6.07, 6.45) is 4.57. The van der Waals surface area contributed by atoms with Crippen LogP contribution in [0.5, 0.6) is 5.75 Å². The fourth-order valence-electron chi connectivity index (χ4n) is 6.58. The van der Waals surface area contributed by atoms with Gasteiger partial charge in [-0.2, -0.15) is 5.10 Å². The molecule has 3 heterocycles. The van der Waals surface area contributed by atoms with Crippen LogP contribution >= 0.6 is 0 Å². The number of methoxy groups -OCH3 is 1. The minimum absolute atomic E-state index is 0.0864. The topological polar surface area (TPSA) is 126 Å². The minimum Gasteiger partial charge on any atom is -0.496 e. The summed E-state index contributed by atoms with van der Waals surface area (Å²) in [5.41, 5.74) is 7.92. The van der Waals surface area contributed by atoms with Crippen molar-refractivity contribution in [2.75, 3.05) is 59.9 Å². The molecule has 2 aromatic heterocycles. The van der Waals surface area contributed by atoms with Gasteiger partial charge in [0, 0.05) is 88.2 Å². The fourth-order valence-corrected chi connectivity index (χ4v) is 6.58. The molecule has 280 valence electrons. The molecule has 2 aromatic carbocycles. The van der Waals surface area contributed by atoms with Crippen molar-refractivity contribution in [3.63, 3.8) is 0 Å². The Hall–Kier alpha value is -4.52. The quantitative estimate of drug-likeness (QED) is 0.131. The van der Waals surface area contributed by atoms with Gasteiger partial charge in [0.2, 0.25) is 11.8 Å². The van der Waals surface area contributed by atoms with Gasteiger partial charge in [-0.15, -0.1) is 0 Å². The van der Waals surface area contributed by atoms with E-state index in [-0.39, 0.29) is 30.7 Å². The van der Waals surface area contributed by atoms with Crippen LogP contribution in [0, 0.1) is 0 Å². The maximum absolute atomic E-state index is 13.1. The van der Waals surface area contributed by atoms with Crippen LogP contribution in [0.1, 0.15) is 61.9 Å². The molecule has 12 nitrogen and oxygen atoms in total. The van der Waals surface area contributed by atoms with Gasteiger partial charge in [-0.25, -0.2) is 9.67 Å². The summed E-state index contributed by atoms with van der Waals surface area (Å²) < 4.78 is 13.2. The lowest BCUT2D eigenvalue weighted by Gasteiger charge is -2.26. The van der Waals surface area contributed by atoms with Crippen LogP contribution in [0.15, 0.2) is 48.7 Å². The first-order valence-corrected chi connectivity index (χ1v) is 18.5. The Bertz CT molecular complexity index is 1800. The highest BCUT2D eigenvalue weighted by Gasteiger charge is 2.22. The van der Waals surface area contributed by atoms with Gasteiger partial charge in [-0.1, -0.05) is 31.2 Å². The van der Waals surface area contributed by atoms with Gasteiger partial charge in [0.05, 0.1) is 24.4 Å². The number of hydrogen-bond donors (Lipinski definition) is 3. The molecule has 1 saturated heterocycles. The third kappa shape index (κ3) is 10.3. The van der Waals surface area contributed by atoms with Crippen molar-refractivity contribution in [2.24, 2.45) is 0 Å². The number of pyridine rings is 1. The highest BCUT2D eigenvalue weighted by Crippen LogP contribution is 2.33. The first-order chi connectivity index (χ1) is 25.2. The standard InChI is InChI=1S/C40H56N8O4/c1-7-35-33(39(44-31-16-20-52-21-17-31)34-26-43-48(8-2)40(34)45-35)25-42-38(50)15-14-37(49)41-24-28-12-13-36(51-6)32(23-28)30-11-9-10-29(22-30)27-47(5)19-18-46(3)4/h9-13,22-23,26,31H,7-8,14-21,24-25,27H2,1-6H3,(H,41,49)(H,42,50)(H,44,45). The molecule has 4 aromatic rings. The summed E-state index contributed by atoms with van der Waals surface area (Å²) in [6, 6.07) is 14.7. The second-order valence-electron chi connectivity index (χ2n) is 13.8. The van der Waals surface area contributed by atoms with Crippen LogP contribution in [0.2, 0.25) is 0 Å². The third-order valence-electron chi connectivity index (χ3n) is 9.59. The molecule has 0 unspecified atom stereocenters. The first-order valence-electron chi connectivity index (χ1n) is 18.5. The van der Waals surface area contributed by atoms with Crippen LogP contribution in [-0.4, -0.2) is 97.0 Å². The normalized spacial score (nSPS) is 13.5. The van der Waals surface area contributed by atoms with Crippen LogP contribution in [0.4, 0.5) is 5.69 Å². The number of aryl methyl sites for hydroxylation is 2. The SMILES string of the molecule is CCc1nc2c(cnn2CC)c(NC2CCOCC2)c1CNC(=O)CCC(=O)NCc1ccc(OC)c(-c2cccc(CN(C)CCN(C)C)c2)c1. The number of carbonyl (C=O) groups excluding carboxylic acids is 2. The molecule has 0 saturated carbocycles. The second-order valence-corrected chi connectivity index (χ2v) is 13.8. The fraction of sp³-hybridized carbons (Fsp3) is 0.500. The monoisotopic (exact) mass is 712 g/mol. The highest BCUT2D eigenvalue weighted by molar-refractivity contribution is 5.92. The molecule has 52 heavy (non-hydrogen) atoms. The number of likely N-dealkylation sites (N-methyl/N-ethyl adjacent to an activating group) is 2. The van der Waals surface area contributed by atoms with E-state index in [1.54, 1.807) is 7.11 Å². The van der Waals surface area contributed by atoms with E-state index in [2.05, 4.69) is 96.2 Å². The molecule has 3 N–H and O–H groups in total. The Morgan fingerprint density at radius 1 is 0.962 bits per heavy atom. The molecule has 0 bridgehead atoms. The maximum Gasteiger partial charge on any atom is 0.220 e. The van der Waals surface area contributed by atoms with E-state index in [0.717, 1.165) is 103 Å². The smallest absolute Gasteiger partial charge is 0.220 e. The molecular formula is C40H56N8O4. The zero-order valence-corrected chi connectivity index (χ0v) is 31.8. The average Bonchev–Trinajstić information content (AvgIpc) is 3.58. The summed E-state index contributed by atoms with van der Waals surface area (Å²) in [7, 11) is 7.98. The van der Waals surface area contributed by atoms with E-state index in [0.29, 0.717) is 19.5 Å². The zero-order chi connectivity index (χ0) is 37.0. The summed E-state index contributed by atoms with van der Waals surface area (Å²) in [5.74, 6) is 0.412. The minimum atomic E-state index is -0.183. The molecule has 0 atom stereocenters. The van der Waals surface area contributed by atoms with Gasteiger partial charge in [0.25, 0.3) is 0 Å². The van der Waals surface area contributed by atoms with Crippen LogP contribution < -0.4 is 20.7 Å². The van der Waals surface area contributed by atoms with Crippen molar-refractivity contribution in [1.82, 2.24) is 35.2 Å². The number of aromatic nitrogens is 3. The lowest BCUT2D eigenvalue weighted by molar-refractivity contribution is -0.126. The average molecular weight is 713 g/mol. The molecular weight excluding hydrogens is 656 g/mol. The van der Waals surface area contributed by atoms with Gasteiger partial charge >= 0.3 is 0 Å². The second kappa shape index (κ2) is 18.8. The molecule has 5 rings (SSSR count). The Kier molecular flexibility index (Phi) is 14.0. The highest BCUT2D eigenvalue weighted by atomic mass is 16.5. The molecule has 12 heteroatoms. The summed E-state index contributed by atoms with van der Waals surface area (Å²) >= 11 is 0. The zero-order valence-electron chi connectivity index (χ0n) is 31.8. The first kappa shape index (κ1) is 38.7. The lowest BCUT2D eigenvalue weighted by atomic mass is 9.99. The van der Waals surface area contributed by atoms with E-state index in [4.69, 9.17) is 14.5 Å². The van der Waals surface area contributed by atoms with E-state index < -0.39 is 0 Å². The Morgan fingerprint density at radius 2 is 1.71 bits per heavy atom. The molecule has 0 aliphatic carbocycles. The lowest BCUT2D eigenvalue weighted by Crippen LogP contribution is -2.30. The number of hydrogen-bond acceptors (Lipinski definition) is 9. The van der Waals surface area contributed by atoms with E-state index in [9.17, 15) is 9.59 Å². The van der Waals surface area contributed by atoms with Gasteiger partial charge < -0.3 is 35.2 Å². The van der Waals surface area contributed by atoms with Crippen LogP contribution in [0.3, 0.4) is 0 Å². The summed E-state index contributed by atoms with van der Waals surface area (Å²) in [5, 5.41) is 15.3. The molecule has 1 aliphatic heterocycles. The Balaban J connectivity index is 1.18.